The largest absolute Gasteiger partial charge is 0.358 e. The van der Waals surface area contributed by atoms with Gasteiger partial charge in [-0.25, -0.2) is 0 Å². The number of hydrogen-bond acceptors (Lipinski definition) is 1. The van der Waals surface area contributed by atoms with Gasteiger partial charge in [-0.2, -0.15) is 0 Å². The monoisotopic (exact) mass is 255 g/mol. The molecule has 1 aromatic carbocycles. The topological polar surface area (TPSA) is 32.9 Å². The molecule has 0 atom stereocenters. The van der Waals surface area contributed by atoms with Gasteiger partial charge in [0.25, 0.3) is 0 Å². The Morgan fingerprint density at radius 1 is 1.19 bits per heavy atom. The van der Waals surface area contributed by atoms with Gasteiger partial charge in [-0.1, -0.05) is 37.0 Å². The maximum atomic E-state index is 11.9. The number of benzene rings is 1. The summed E-state index contributed by atoms with van der Waals surface area (Å²) in [4.78, 5) is 15.1. The molecule has 4 heteroatoms. The lowest BCUT2D eigenvalue weighted by atomic mass is 10.1. The minimum atomic E-state index is -0.0703. The molecular weight excluding hydrogens is 245 g/mol. The second kappa shape index (κ2) is 4.11. The molecule has 0 spiro atoms. The summed E-state index contributed by atoms with van der Waals surface area (Å²) in [5, 5.41) is 1.41. The molecule has 2 rings (SSSR count). The molecule has 0 aliphatic carbocycles. The zero-order valence-corrected chi connectivity index (χ0v) is 10.5. The fourth-order valence-electron chi connectivity index (χ4n) is 1.64. The zero-order chi connectivity index (χ0) is 11.9. The van der Waals surface area contributed by atoms with Crippen LogP contribution in [0.25, 0.3) is 10.9 Å². The Labute approximate surface area is 103 Å². The highest BCUT2D eigenvalue weighted by Gasteiger charge is 2.09. The van der Waals surface area contributed by atoms with Gasteiger partial charge in [-0.15, -0.1) is 0 Å². The predicted octanol–water partition coefficient (Wildman–Crippen LogP) is 3.96. The van der Waals surface area contributed by atoms with E-state index in [4.69, 9.17) is 23.2 Å². The van der Waals surface area contributed by atoms with Gasteiger partial charge in [0.15, 0.2) is 5.43 Å². The summed E-state index contributed by atoms with van der Waals surface area (Å²) in [5.41, 5.74) is 1.50. The Kier molecular flexibility index (Phi) is 2.96. The van der Waals surface area contributed by atoms with Crippen LogP contribution in [0.5, 0.6) is 0 Å². The Balaban J connectivity index is 2.87. The first-order chi connectivity index (χ1) is 7.49. The van der Waals surface area contributed by atoms with Crippen LogP contribution in [0.15, 0.2) is 23.0 Å². The average Bonchev–Trinajstić information content (AvgIpc) is 2.15. The summed E-state index contributed by atoms with van der Waals surface area (Å²) in [6, 6.07) is 4.89. The minimum absolute atomic E-state index is 0.0703. The van der Waals surface area contributed by atoms with Crippen LogP contribution in [-0.4, -0.2) is 4.98 Å². The van der Waals surface area contributed by atoms with Crippen LogP contribution in [0.3, 0.4) is 0 Å². The van der Waals surface area contributed by atoms with Crippen LogP contribution >= 0.6 is 23.2 Å². The van der Waals surface area contributed by atoms with E-state index in [-0.39, 0.29) is 11.3 Å². The van der Waals surface area contributed by atoms with Crippen LogP contribution in [0.4, 0.5) is 0 Å². The highest BCUT2D eigenvalue weighted by Crippen LogP contribution is 2.25. The maximum Gasteiger partial charge on any atom is 0.191 e. The third-order valence-electron chi connectivity index (χ3n) is 2.49. The van der Waals surface area contributed by atoms with Crippen molar-refractivity contribution in [1.82, 2.24) is 4.98 Å². The third kappa shape index (κ3) is 1.95. The normalized spacial score (nSPS) is 11.3. The van der Waals surface area contributed by atoms with Crippen molar-refractivity contribution in [2.45, 2.75) is 19.8 Å². The molecule has 0 saturated heterocycles. The predicted molar refractivity (Wildman–Crippen MR) is 68.7 cm³/mol. The van der Waals surface area contributed by atoms with Gasteiger partial charge in [0, 0.05) is 16.8 Å². The highest BCUT2D eigenvalue weighted by atomic mass is 35.5. The molecule has 1 heterocycles. The van der Waals surface area contributed by atoms with Crippen molar-refractivity contribution >= 4 is 34.1 Å². The molecule has 0 amide bonds. The SMILES string of the molecule is CC(C)c1cc(=O)c2c(Cl)cc(Cl)cc2[nH]1. The van der Waals surface area contributed by atoms with Gasteiger partial charge in [-0.3, -0.25) is 4.79 Å². The van der Waals surface area contributed by atoms with Gasteiger partial charge in [-0.05, 0) is 18.1 Å². The summed E-state index contributed by atoms with van der Waals surface area (Å²) in [5.74, 6) is 0.259. The standard InChI is InChI=1S/C12H11Cl2NO/c1-6(2)9-5-11(16)12-8(14)3-7(13)4-10(12)15-9/h3-6H,1-2H3,(H,15,16). The smallest absolute Gasteiger partial charge is 0.191 e. The lowest BCUT2D eigenvalue weighted by Crippen LogP contribution is -2.06. The molecule has 0 radical (unpaired) electrons. The average molecular weight is 256 g/mol. The number of aromatic amines is 1. The van der Waals surface area contributed by atoms with Gasteiger partial charge in [0.05, 0.1) is 15.9 Å². The number of pyridine rings is 1. The van der Waals surface area contributed by atoms with Gasteiger partial charge < -0.3 is 4.98 Å². The van der Waals surface area contributed by atoms with Crippen molar-refractivity contribution in [1.29, 1.82) is 0 Å². The fourth-order valence-corrected chi connectivity index (χ4v) is 2.23. The molecule has 0 unspecified atom stereocenters. The van der Waals surface area contributed by atoms with Gasteiger partial charge >= 0.3 is 0 Å². The van der Waals surface area contributed by atoms with Crippen molar-refractivity contribution in [3.05, 3.63) is 44.2 Å². The van der Waals surface area contributed by atoms with Crippen LogP contribution in [0.2, 0.25) is 10.0 Å². The summed E-state index contributed by atoms with van der Waals surface area (Å²) < 4.78 is 0. The van der Waals surface area contributed by atoms with Gasteiger partial charge in [0.2, 0.25) is 0 Å². The highest BCUT2D eigenvalue weighted by molar-refractivity contribution is 6.38. The molecule has 0 saturated carbocycles. The van der Waals surface area contributed by atoms with Crippen LogP contribution < -0.4 is 5.43 Å². The van der Waals surface area contributed by atoms with E-state index >= 15 is 0 Å². The number of fused-ring (bicyclic) bond motifs is 1. The van der Waals surface area contributed by atoms with E-state index in [1.807, 2.05) is 13.8 Å². The molecule has 1 N–H and O–H groups in total. The van der Waals surface area contributed by atoms with Crippen LogP contribution in [0.1, 0.15) is 25.5 Å². The molecule has 0 fully saturated rings. The second-order valence-electron chi connectivity index (χ2n) is 4.05. The molecule has 16 heavy (non-hydrogen) atoms. The summed E-state index contributed by atoms with van der Waals surface area (Å²) in [7, 11) is 0. The van der Waals surface area contributed by atoms with Crippen molar-refractivity contribution in [3.8, 4) is 0 Å². The fraction of sp³-hybridized carbons (Fsp3) is 0.250. The van der Waals surface area contributed by atoms with Crippen LogP contribution in [-0.2, 0) is 0 Å². The first kappa shape index (κ1) is 11.5. The quantitative estimate of drug-likeness (QED) is 0.823. The third-order valence-corrected chi connectivity index (χ3v) is 3.01. The summed E-state index contributed by atoms with van der Waals surface area (Å²) in [6.07, 6.45) is 0. The lowest BCUT2D eigenvalue weighted by Gasteiger charge is -2.08. The molecule has 1 aromatic heterocycles. The van der Waals surface area contributed by atoms with E-state index in [0.29, 0.717) is 20.9 Å². The number of H-pyrrole nitrogens is 1. The number of nitrogens with one attached hydrogen (secondary N) is 1. The van der Waals surface area contributed by atoms with E-state index in [1.165, 1.54) is 0 Å². The molecule has 0 bridgehead atoms. The second-order valence-corrected chi connectivity index (χ2v) is 4.90. The molecule has 2 aromatic rings. The Hall–Kier alpha value is -0.990. The molecule has 0 aliphatic rings. The Morgan fingerprint density at radius 2 is 1.88 bits per heavy atom. The van der Waals surface area contributed by atoms with E-state index in [1.54, 1.807) is 18.2 Å². The van der Waals surface area contributed by atoms with Crippen molar-refractivity contribution in [2.24, 2.45) is 0 Å². The molecule has 84 valence electrons. The van der Waals surface area contributed by atoms with Crippen molar-refractivity contribution < 1.29 is 0 Å². The lowest BCUT2D eigenvalue weighted by molar-refractivity contribution is 0.828. The van der Waals surface area contributed by atoms with Crippen LogP contribution in [0, 0.1) is 0 Å². The molecular formula is C12H11Cl2NO. The maximum absolute atomic E-state index is 11.9. The molecule has 2 nitrogen and oxygen atoms in total. The number of hydrogen-bond donors (Lipinski definition) is 1. The number of halogens is 2. The Bertz CT molecular complexity index is 602. The molecule has 0 aliphatic heterocycles. The Morgan fingerprint density at radius 3 is 2.50 bits per heavy atom. The van der Waals surface area contributed by atoms with E-state index in [9.17, 15) is 4.79 Å². The minimum Gasteiger partial charge on any atom is -0.358 e. The number of rotatable bonds is 1. The summed E-state index contributed by atoms with van der Waals surface area (Å²) >= 11 is 11.9. The summed E-state index contributed by atoms with van der Waals surface area (Å²) in [6.45, 7) is 4.03. The van der Waals surface area contributed by atoms with E-state index in [0.717, 1.165) is 5.69 Å². The number of aromatic nitrogens is 1. The van der Waals surface area contributed by atoms with Crippen molar-refractivity contribution in [3.63, 3.8) is 0 Å². The zero-order valence-electron chi connectivity index (χ0n) is 8.97. The van der Waals surface area contributed by atoms with E-state index < -0.39 is 0 Å². The first-order valence-electron chi connectivity index (χ1n) is 5.01. The van der Waals surface area contributed by atoms with Crippen molar-refractivity contribution in [2.75, 3.05) is 0 Å². The van der Waals surface area contributed by atoms with E-state index in [2.05, 4.69) is 4.98 Å². The first-order valence-corrected chi connectivity index (χ1v) is 5.76. The van der Waals surface area contributed by atoms with Gasteiger partial charge in [0.1, 0.15) is 0 Å².